The number of hydrogen-bond donors (Lipinski definition) is 1. The van der Waals surface area contributed by atoms with Crippen molar-refractivity contribution in [2.45, 2.75) is 29.1 Å². The smallest absolute Gasteiger partial charge is 0.313 e. The molecule has 0 radical (unpaired) electrons. The molecule has 0 aliphatic carbocycles. The Kier molecular flexibility index (Phi) is 7.05. The van der Waals surface area contributed by atoms with E-state index in [2.05, 4.69) is 29.6 Å². The number of rotatable bonds is 5. The van der Waals surface area contributed by atoms with Crippen LogP contribution in [0.3, 0.4) is 0 Å². The lowest BCUT2D eigenvalue weighted by atomic mass is 9.90. The number of amides is 2. The van der Waals surface area contributed by atoms with E-state index in [1.165, 1.54) is 5.56 Å². The Morgan fingerprint density at radius 2 is 1.45 bits per heavy atom. The summed E-state index contributed by atoms with van der Waals surface area (Å²) in [5.41, 5.74) is 1.99. The lowest BCUT2D eigenvalue weighted by molar-refractivity contribution is -0.144. The van der Waals surface area contributed by atoms with E-state index in [4.69, 9.17) is 0 Å². The zero-order chi connectivity index (χ0) is 21.5. The van der Waals surface area contributed by atoms with Gasteiger partial charge in [0, 0.05) is 22.9 Å². The molecule has 4 nitrogen and oxygen atoms in total. The first-order chi connectivity index (χ1) is 15.2. The Bertz CT molecular complexity index is 1020. The predicted octanol–water partition coefficient (Wildman–Crippen LogP) is 5.26. The minimum absolute atomic E-state index is 0.447. The number of piperidine rings is 1. The number of nitrogens with zero attached hydrogens (tertiary/aromatic N) is 1. The Morgan fingerprint density at radius 3 is 2.16 bits per heavy atom. The van der Waals surface area contributed by atoms with Gasteiger partial charge < -0.3 is 10.2 Å². The van der Waals surface area contributed by atoms with Gasteiger partial charge in [-0.2, -0.15) is 0 Å². The van der Waals surface area contributed by atoms with Crippen LogP contribution in [0.25, 0.3) is 0 Å². The van der Waals surface area contributed by atoms with Crippen LogP contribution in [-0.2, 0) is 16.0 Å². The zero-order valence-corrected chi connectivity index (χ0v) is 18.2. The van der Waals surface area contributed by atoms with E-state index in [9.17, 15) is 9.59 Å². The molecule has 0 atom stereocenters. The number of carbonyl (C=O) groups excluding carboxylic acids is 2. The van der Waals surface area contributed by atoms with Crippen LogP contribution >= 0.6 is 11.8 Å². The van der Waals surface area contributed by atoms with Crippen molar-refractivity contribution in [3.8, 4) is 0 Å². The van der Waals surface area contributed by atoms with Crippen LogP contribution in [-0.4, -0.2) is 29.8 Å². The summed E-state index contributed by atoms with van der Waals surface area (Å²) in [7, 11) is 0. The summed E-state index contributed by atoms with van der Waals surface area (Å²) >= 11 is 1.57. The molecule has 3 aromatic rings. The van der Waals surface area contributed by atoms with Crippen LogP contribution < -0.4 is 5.32 Å². The highest BCUT2D eigenvalue weighted by Crippen LogP contribution is 2.33. The van der Waals surface area contributed by atoms with E-state index in [-0.39, 0.29) is 0 Å². The molecule has 1 saturated heterocycles. The van der Waals surface area contributed by atoms with Gasteiger partial charge in [-0.25, -0.2) is 0 Å². The van der Waals surface area contributed by atoms with Gasteiger partial charge in [-0.05, 0) is 55.0 Å². The van der Waals surface area contributed by atoms with E-state index in [1.807, 2.05) is 60.7 Å². The molecule has 2 amide bonds. The number of hydrogen-bond acceptors (Lipinski definition) is 3. The third-order valence-electron chi connectivity index (χ3n) is 5.57. The molecule has 31 heavy (non-hydrogen) atoms. The highest BCUT2D eigenvalue weighted by atomic mass is 32.2. The molecule has 0 spiro atoms. The van der Waals surface area contributed by atoms with E-state index < -0.39 is 11.8 Å². The van der Waals surface area contributed by atoms with Gasteiger partial charge in [-0.3, -0.25) is 9.59 Å². The Balaban J connectivity index is 1.33. The number of anilines is 1. The molecule has 1 N–H and O–H groups in total. The SMILES string of the molecule is O=C(Nc1ccccc1Sc1ccccc1)C(=O)N1CCC(Cc2ccccc2)CC1. The molecule has 5 heteroatoms. The summed E-state index contributed by atoms with van der Waals surface area (Å²) in [4.78, 5) is 29.1. The average Bonchev–Trinajstić information content (AvgIpc) is 2.82. The maximum absolute atomic E-state index is 12.7. The van der Waals surface area contributed by atoms with Crippen LogP contribution in [0.15, 0.2) is 94.7 Å². The molecule has 0 unspecified atom stereocenters. The number of carbonyl (C=O) groups is 2. The van der Waals surface area contributed by atoms with E-state index >= 15 is 0 Å². The van der Waals surface area contributed by atoms with Gasteiger partial charge in [-0.1, -0.05) is 72.4 Å². The molecule has 0 aromatic heterocycles. The Morgan fingerprint density at radius 1 is 0.839 bits per heavy atom. The van der Waals surface area contributed by atoms with Crippen molar-refractivity contribution in [3.63, 3.8) is 0 Å². The van der Waals surface area contributed by atoms with Crippen LogP contribution in [0.4, 0.5) is 5.69 Å². The summed E-state index contributed by atoms with van der Waals surface area (Å²) < 4.78 is 0. The third-order valence-corrected chi connectivity index (χ3v) is 6.65. The minimum atomic E-state index is -0.567. The normalized spacial score (nSPS) is 14.3. The fourth-order valence-corrected chi connectivity index (χ4v) is 4.80. The number of likely N-dealkylation sites (tertiary alicyclic amines) is 1. The van der Waals surface area contributed by atoms with Crippen LogP contribution in [0.5, 0.6) is 0 Å². The van der Waals surface area contributed by atoms with Gasteiger partial charge in [0.15, 0.2) is 0 Å². The highest BCUT2D eigenvalue weighted by Gasteiger charge is 2.27. The van der Waals surface area contributed by atoms with Gasteiger partial charge in [0.1, 0.15) is 0 Å². The fraction of sp³-hybridized carbons (Fsp3) is 0.231. The second-order valence-electron chi connectivity index (χ2n) is 7.79. The first kappa shape index (κ1) is 21.2. The van der Waals surface area contributed by atoms with E-state index in [1.54, 1.807) is 16.7 Å². The summed E-state index contributed by atoms with van der Waals surface area (Å²) in [5.74, 6) is -0.460. The van der Waals surface area contributed by atoms with Crippen molar-refractivity contribution in [3.05, 3.63) is 90.5 Å². The van der Waals surface area contributed by atoms with Gasteiger partial charge >= 0.3 is 11.8 Å². The van der Waals surface area contributed by atoms with E-state index in [0.29, 0.717) is 24.7 Å². The fourth-order valence-electron chi connectivity index (χ4n) is 3.88. The molecule has 0 saturated carbocycles. The Labute approximate surface area is 187 Å². The summed E-state index contributed by atoms with van der Waals surface area (Å²) in [6.07, 6.45) is 2.88. The molecule has 1 heterocycles. The van der Waals surface area contributed by atoms with Crippen LogP contribution in [0, 0.1) is 5.92 Å². The van der Waals surface area contributed by atoms with Crippen molar-refractivity contribution in [1.29, 1.82) is 0 Å². The average molecular weight is 431 g/mol. The van der Waals surface area contributed by atoms with Gasteiger partial charge in [0.25, 0.3) is 0 Å². The summed E-state index contributed by atoms with van der Waals surface area (Å²) in [6.45, 7) is 1.26. The van der Waals surface area contributed by atoms with E-state index in [0.717, 1.165) is 29.1 Å². The lowest BCUT2D eigenvalue weighted by Crippen LogP contribution is -2.44. The Hall–Kier alpha value is -3.05. The molecular formula is C26H26N2O2S. The van der Waals surface area contributed by atoms with Crippen LogP contribution in [0.1, 0.15) is 18.4 Å². The maximum Gasteiger partial charge on any atom is 0.313 e. The van der Waals surface area contributed by atoms with Crippen molar-refractivity contribution in [2.24, 2.45) is 5.92 Å². The van der Waals surface area contributed by atoms with Crippen molar-refractivity contribution < 1.29 is 9.59 Å². The standard InChI is InChI=1S/C26H26N2O2S/c29-25(27-23-13-7-8-14-24(23)31-22-11-5-2-6-12-22)26(30)28-17-15-21(16-18-28)19-20-9-3-1-4-10-20/h1-14,21H,15-19H2,(H,27,29). The minimum Gasteiger partial charge on any atom is -0.334 e. The lowest BCUT2D eigenvalue weighted by Gasteiger charge is -2.31. The molecule has 3 aromatic carbocycles. The summed E-state index contributed by atoms with van der Waals surface area (Å²) in [6, 6.07) is 28.0. The topological polar surface area (TPSA) is 49.4 Å². The van der Waals surface area contributed by atoms with Gasteiger partial charge in [-0.15, -0.1) is 0 Å². The molecule has 158 valence electrons. The van der Waals surface area contributed by atoms with Crippen molar-refractivity contribution >= 4 is 29.3 Å². The molecule has 0 bridgehead atoms. The second kappa shape index (κ2) is 10.3. The summed E-state index contributed by atoms with van der Waals surface area (Å²) in [5, 5.41) is 2.83. The van der Waals surface area contributed by atoms with Crippen molar-refractivity contribution in [2.75, 3.05) is 18.4 Å². The van der Waals surface area contributed by atoms with Gasteiger partial charge in [0.2, 0.25) is 0 Å². The first-order valence-electron chi connectivity index (χ1n) is 10.6. The first-order valence-corrected chi connectivity index (χ1v) is 11.5. The number of nitrogens with one attached hydrogen (secondary N) is 1. The maximum atomic E-state index is 12.7. The predicted molar refractivity (Wildman–Crippen MR) is 125 cm³/mol. The molecule has 4 rings (SSSR count). The van der Waals surface area contributed by atoms with Crippen molar-refractivity contribution in [1.82, 2.24) is 4.90 Å². The second-order valence-corrected chi connectivity index (χ2v) is 8.91. The zero-order valence-electron chi connectivity index (χ0n) is 17.4. The quantitative estimate of drug-likeness (QED) is 0.562. The molecule has 1 fully saturated rings. The molecule has 1 aliphatic heterocycles. The van der Waals surface area contributed by atoms with Gasteiger partial charge in [0.05, 0.1) is 5.69 Å². The third kappa shape index (κ3) is 5.76. The molecule has 1 aliphatic rings. The monoisotopic (exact) mass is 430 g/mol. The number of benzene rings is 3. The van der Waals surface area contributed by atoms with Crippen LogP contribution in [0.2, 0.25) is 0 Å². The highest BCUT2D eigenvalue weighted by molar-refractivity contribution is 7.99. The number of para-hydroxylation sites is 1. The molecular weight excluding hydrogens is 404 g/mol. The largest absolute Gasteiger partial charge is 0.334 e.